The highest BCUT2D eigenvalue weighted by Gasteiger charge is 2.22. The Kier molecular flexibility index (Phi) is 6.79. The molecule has 0 heterocycles. The highest BCUT2D eigenvalue weighted by atomic mass is 16.5. The van der Waals surface area contributed by atoms with Crippen molar-refractivity contribution in [1.82, 2.24) is 10.9 Å². The van der Waals surface area contributed by atoms with Crippen molar-refractivity contribution in [2.24, 2.45) is 0 Å². The van der Waals surface area contributed by atoms with Gasteiger partial charge in [0.1, 0.15) is 5.75 Å². The summed E-state index contributed by atoms with van der Waals surface area (Å²) in [6, 6.07) is 26.2. The maximum atomic E-state index is 12.9. The molecule has 0 unspecified atom stereocenters. The van der Waals surface area contributed by atoms with Crippen LogP contribution >= 0.6 is 0 Å². The molecule has 0 aliphatic heterocycles. The van der Waals surface area contributed by atoms with Crippen LogP contribution in [0.25, 0.3) is 6.08 Å². The summed E-state index contributed by atoms with van der Waals surface area (Å²) in [7, 11) is 1.57. The van der Waals surface area contributed by atoms with E-state index in [9.17, 15) is 9.59 Å². The van der Waals surface area contributed by atoms with Gasteiger partial charge in [0, 0.05) is 11.6 Å². The van der Waals surface area contributed by atoms with E-state index in [2.05, 4.69) is 10.9 Å². The normalized spacial score (nSPS) is 10.7. The Labute approximate surface area is 170 Å². The van der Waals surface area contributed by atoms with Crippen LogP contribution in [0.4, 0.5) is 0 Å². The van der Waals surface area contributed by atoms with E-state index in [1.807, 2.05) is 84.9 Å². The summed E-state index contributed by atoms with van der Waals surface area (Å²) in [4.78, 5) is 25.0. The third-order valence-electron chi connectivity index (χ3n) is 4.39. The molecule has 0 aromatic heterocycles. The number of amides is 2. The van der Waals surface area contributed by atoms with Crippen LogP contribution < -0.4 is 15.6 Å². The predicted molar refractivity (Wildman–Crippen MR) is 113 cm³/mol. The lowest BCUT2D eigenvalue weighted by Gasteiger charge is -2.17. The molecule has 3 aromatic rings. The van der Waals surface area contributed by atoms with E-state index in [1.54, 1.807) is 13.2 Å². The number of hydrogen-bond donors (Lipinski definition) is 2. The molecule has 3 rings (SSSR count). The summed E-state index contributed by atoms with van der Waals surface area (Å²) in [6.07, 6.45) is 2.98. The minimum Gasteiger partial charge on any atom is -0.496 e. The summed E-state index contributed by atoms with van der Waals surface area (Å²) in [6.45, 7) is 0. The van der Waals surface area contributed by atoms with Crippen LogP contribution in [-0.2, 0) is 9.59 Å². The van der Waals surface area contributed by atoms with E-state index in [-0.39, 0.29) is 5.91 Å². The standard InChI is InChI=1S/C24H22N2O3/c1-29-21-15-9-8-10-18(21)16-17-22(27)25-26-24(28)23(19-11-4-2-5-12-19)20-13-6-3-7-14-20/h2-17,23H,1H3,(H,25,27)(H,26,28)/b17-16+. The fourth-order valence-corrected chi connectivity index (χ4v) is 2.99. The van der Waals surface area contributed by atoms with Gasteiger partial charge in [-0.2, -0.15) is 0 Å². The van der Waals surface area contributed by atoms with Crippen LogP contribution in [0.2, 0.25) is 0 Å². The van der Waals surface area contributed by atoms with E-state index < -0.39 is 11.8 Å². The molecule has 0 radical (unpaired) electrons. The van der Waals surface area contributed by atoms with Gasteiger partial charge in [-0.15, -0.1) is 0 Å². The van der Waals surface area contributed by atoms with Crippen molar-refractivity contribution in [3.8, 4) is 5.75 Å². The molecule has 5 nitrogen and oxygen atoms in total. The van der Waals surface area contributed by atoms with Crippen LogP contribution in [-0.4, -0.2) is 18.9 Å². The van der Waals surface area contributed by atoms with Gasteiger partial charge in [0.2, 0.25) is 5.91 Å². The first-order valence-electron chi connectivity index (χ1n) is 9.20. The van der Waals surface area contributed by atoms with Crippen molar-refractivity contribution in [2.45, 2.75) is 5.92 Å². The number of rotatable bonds is 6. The Bertz CT molecular complexity index is 946. The summed E-state index contributed by atoms with van der Waals surface area (Å²) in [5.74, 6) is -0.629. The summed E-state index contributed by atoms with van der Waals surface area (Å²) >= 11 is 0. The first kappa shape index (κ1) is 19.9. The number of methoxy groups -OCH3 is 1. The fourth-order valence-electron chi connectivity index (χ4n) is 2.99. The van der Waals surface area contributed by atoms with E-state index in [4.69, 9.17) is 4.74 Å². The summed E-state index contributed by atoms with van der Waals surface area (Å²) in [5.41, 5.74) is 7.42. The Morgan fingerprint density at radius 2 is 1.34 bits per heavy atom. The van der Waals surface area contributed by atoms with Crippen molar-refractivity contribution in [1.29, 1.82) is 0 Å². The lowest BCUT2D eigenvalue weighted by Crippen LogP contribution is -2.43. The topological polar surface area (TPSA) is 67.4 Å². The zero-order chi connectivity index (χ0) is 20.5. The minimum absolute atomic E-state index is 0.318. The molecule has 5 heteroatoms. The van der Waals surface area contributed by atoms with Crippen molar-refractivity contribution in [3.05, 3.63) is 108 Å². The second-order valence-electron chi connectivity index (χ2n) is 6.31. The number of carbonyl (C=O) groups excluding carboxylic acids is 2. The molecule has 0 atom stereocenters. The molecule has 0 aliphatic rings. The maximum Gasteiger partial charge on any atom is 0.262 e. The zero-order valence-electron chi connectivity index (χ0n) is 16.0. The smallest absolute Gasteiger partial charge is 0.262 e. The van der Waals surface area contributed by atoms with Crippen molar-refractivity contribution in [2.75, 3.05) is 7.11 Å². The van der Waals surface area contributed by atoms with Gasteiger partial charge in [-0.05, 0) is 23.3 Å². The lowest BCUT2D eigenvalue weighted by molar-refractivity contribution is -0.127. The van der Waals surface area contributed by atoms with Crippen LogP contribution in [0.3, 0.4) is 0 Å². The van der Waals surface area contributed by atoms with Gasteiger partial charge in [0.25, 0.3) is 5.91 Å². The summed E-state index contributed by atoms with van der Waals surface area (Å²) < 4.78 is 5.25. The van der Waals surface area contributed by atoms with Gasteiger partial charge in [0.15, 0.2) is 0 Å². The number of nitrogens with one attached hydrogen (secondary N) is 2. The molecule has 0 aliphatic carbocycles. The molecule has 2 amide bonds. The number of para-hydroxylation sites is 1. The first-order chi connectivity index (χ1) is 14.2. The van der Waals surface area contributed by atoms with E-state index in [0.29, 0.717) is 5.75 Å². The number of hydrogen-bond acceptors (Lipinski definition) is 3. The van der Waals surface area contributed by atoms with Gasteiger partial charge in [-0.25, -0.2) is 0 Å². The Balaban J connectivity index is 1.69. The second-order valence-corrected chi connectivity index (χ2v) is 6.31. The predicted octanol–water partition coefficient (Wildman–Crippen LogP) is 3.69. The average Bonchev–Trinajstić information content (AvgIpc) is 2.78. The largest absolute Gasteiger partial charge is 0.496 e. The van der Waals surface area contributed by atoms with E-state index >= 15 is 0 Å². The van der Waals surface area contributed by atoms with Crippen molar-refractivity contribution >= 4 is 17.9 Å². The number of carbonyl (C=O) groups is 2. The van der Waals surface area contributed by atoms with Crippen molar-refractivity contribution < 1.29 is 14.3 Å². The average molecular weight is 386 g/mol. The van der Waals surface area contributed by atoms with Gasteiger partial charge < -0.3 is 4.74 Å². The number of benzene rings is 3. The number of ether oxygens (including phenoxy) is 1. The van der Waals surface area contributed by atoms with Crippen LogP contribution in [0, 0.1) is 0 Å². The monoisotopic (exact) mass is 386 g/mol. The van der Waals surface area contributed by atoms with Gasteiger partial charge in [0.05, 0.1) is 13.0 Å². The van der Waals surface area contributed by atoms with E-state index in [0.717, 1.165) is 16.7 Å². The van der Waals surface area contributed by atoms with Crippen LogP contribution in [0.1, 0.15) is 22.6 Å². The molecular formula is C24H22N2O3. The molecule has 0 spiro atoms. The molecule has 0 fully saturated rings. The fraction of sp³-hybridized carbons (Fsp3) is 0.0833. The third kappa shape index (κ3) is 5.32. The van der Waals surface area contributed by atoms with Crippen LogP contribution in [0.5, 0.6) is 5.75 Å². The minimum atomic E-state index is -0.532. The molecular weight excluding hydrogens is 364 g/mol. The molecule has 2 N–H and O–H groups in total. The SMILES string of the molecule is COc1ccccc1/C=C/C(=O)NNC(=O)C(c1ccccc1)c1ccccc1. The van der Waals surface area contributed by atoms with Gasteiger partial charge in [-0.1, -0.05) is 78.9 Å². The van der Waals surface area contributed by atoms with Crippen molar-refractivity contribution in [3.63, 3.8) is 0 Å². The van der Waals surface area contributed by atoms with Crippen LogP contribution in [0.15, 0.2) is 91.0 Å². The third-order valence-corrected chi connectivity index (χ3v) is 4.39. The Morgan fingerprint density at radius 3 is 1.93 bits per heavy atom. The number of hydrazine groups is 1. The quantitative estimate of drug-likeness (QED) is 0.502. The molecule has 0 bridgehead atoms. The highest BCUT2D eigenvalue weighted by Crippen LogP contribution is 2.24. The molecule has 0 saturated heterocycles. The molecule has 29 heavy (non-hydrogen) atoms. The highest BCUT2D eigenvalue weighted by molar-refractivity contribution is 5.95. The molecule has 146 valence electrons. The van der Waals surface area contributed by atoms with Gasteiger partial charge >= 0.3 is 0 Å². The van der Waals surface area contributed by atoms with Gasteiger partial charge in [-0.3, -0.25) is 20.4 Å². The first-order valence-corrected chi connectivity index (χ1v) is 9.20. The molecule has 3 aromatic carbocycles. The zero-order valence-corrected chi connectivity index (χ0v) is 16.0. The Hall–Kier alpha value is -3.86. The summed E-state index contributed by atoms with van der Waals surface area (Å²) in [5, 5.41) is 0. The molecule has 0 saturated carbocycles. The Morgan fingerprint density at radius 1 is 0.793 bits per heavy atom. The lowest BCUT2D eigenvalue weighted by atomic mass is 9.91. The second kappa shape index (κ2) is 9.90. The maximum absolute atomic E-state index is 12.9. The van der Waals surface area contributed by atoms with E-state index in [1.165, 1.54) is 6.08 Å².